The van der Waals surface area contributed by atoms with Crippen LogP contribution in [0, 0.1) is 0 Å². The molecular weight excluding hydrogens is 270 g/mol. The van der Waals surface area contributed by atoms with Gasteiger partial charge in [0.15, 0.2) is 0 Å². The molecule has 1 aliphatic rings. The third-order valence-corrected chi connectivity index (χ3v) is 4.64. The first-order valence-corrected chi connectivity index (χ1v) is 7.91. The van der Waals surface area contributed by atoms with Gasteiger partial charge in [0.05, 0.1) is 0 Å². The number of rotatable bonds is 5. The van der Waals surface area contributed by atoms with E-state index in [2.05, 4.69) is 23.8 Å². The Morgan fingerprint density at radius 2 is 2.00 bits per heavy atom. The lowest BCUT2D eigenvalue weighted by atomic mass is 10.0. The topological polar surface area (TPSA) is 32.5 Å². The van der Waals surface area contributed by atoms with E-state index in [1.807, 2.05) is 24.3 Å². The maximum atomic E-state index is 6.28. The van der Waals surface area contributed by atoms with Crippen LogP contribution in [0.2, 0.25) is 5.02 Å². The fourth-order valence-corrected chi connectivity index (χ4v) is 2.98. The Morgan fingerprint density at radius 1 is 1.30 bits per heavy atom. The summed E-state index contributed by atoms with van der Waals surface area (Å²) in [4.78, 5) is 5.01. The van der Waals surface area contributed by atoms with Gasteiger partial charge in [-0.2, -0.15) is 0 Å². The summed E-state index contributed by atoms with van der Waals surface area (Å²) < 4.78 is 0. The summed E-state index contributed by atoms with van der Waals surface area (Å²) in [5.41, 5.74) is 7.45. The summed E-state index contributed by atoms with van der Waals surface area (Å²) in [7, 11) is 2.23. The fraction of sp³-hybridized carbons (Fsp3) is 0.625. The summed E-state index contributed by atoms with van der Waals surface area (Å²) in [6, 6.07) is 8.69. The number of hydrogen-bond acceptors (Lipinski definition) is 3. The van der Waals surface area contributed by atoms with E-state index in [4.69, 9.17) is 17.3 Å². The zero-order chi connectivity index (χ0) is 14.5. The summed E-state index contributed by atoms with van der Waals surface area (Å²) >= 11 is 5.91. The minimum absolute atomic E-state index is 0.104. The van der Waals surface area contributed by atoms with E-state index in [0.29, 0.717) is 6.04 Å². The van der Waals surface area contributed by atoms with Gasteiger partial charge in [0, 0.05) is 43.3 Å². The van der Waals surface area contributed by atoms with Gasteiger partial charge in [-0.05, 0) is 37.6 Å². The quantitative estimate of drug-likeness (QED) is 0.906. The highest BCUT2D eigenvalue weighted by molar-refractivity contribution is 6.30. The van der Waals surface area contributed by atoms with E-state index in [9.17, 15) is 0 Å². The van der Waals surface area contributed by atoms with Gasteiger partial charge in [-0.1, -0.05) is 30.7 Å². The lowest BCUT2D eigenvalue weighted by molar-refractivity contribution is 0.0911. The second-order valence-electron chi connectivity index (χ2n) is 5.79. The van der Waals surface area contributed by atoms with Crippen LogP contribution in [-0.2, 0) is 0 Å². The summed E-state index contributed by atoms with van der Waals surface area (Å²) in [5, 5.41) is 0.769. The van der Waals surface area contributed by atoms with E-state index >= 15 is 0 Å². The van der Waals surface area contributed by atoms with Crippen molar-refractivity contribution in [3.8, 4) is 0 Å². The molecular formula is C16H26ClN3. The molecule has 1 aromatic rings. The van der Waals surface area contributed by atoms with Crippen LogP contribution in [-0.4, -0.2) is 49.1 Å². The van der Waals surface area contributed by atoms with Crippen LogP contribution in [0.25, 0.3) is 0 Å². The van der Waals surface area contributed by atoms with Gasteiger partial charge in [-0.25, -0.2) is 0 Å². The molecule has 1 aromatic carbocycles. The second kappa shape index (κ2) is 7.41. The van der Waals surface area contributed by atoms with Crippen LogP contribution in [0.3, 0.4) is 0 Å². The zero-order valence-electron chi connectivity index (χ0n) is 12.6. The first kappa shape index (κ1) is 15.8. The van der Waals surface area contributed by atoms with Crippen LogP contribution in [0.4, 0.5) is 0 Å². The van der Waals surface area contributed by atoms with Crippen molar-refractivity contribution in [3.63, 3.8) is 0 Å². The van der Waals surface area contributed by atoms with Crippen molar-refractivity contribution in [3.05, 3.63) is 34.9 Å². The first-order chi connectivity index (χ1) is 9.60. The second-order valence-corrected chi connectivity index (χ2v) is 6.23. The normalized spacial score (nSPS) is 22.9. The highest BCUT2D eigenvalue weighted by Gasteiger charge is 2.22. The van der Waals surface area contributed by atoms with Gasteiger partial charge >= 0.3 is 0 Å². The molecule has 1 aliphatic heterocycles. The van der Waals surface area contributed by atoms with Crippen LogP contribution >= 0.6 is 11.6 Å². The Kier molecular flexibility index (Phi) is 5.85. The van der Waals surface area contributed by atoms with Crippen molar-refractivity contribution in [1.29, 1.82) is 0 Å². The molecule has 2 N–H and O–H groups in total. The van der Waals surface area contributed by atoms with Crippen LogP contribution < -0.4 is 5.73 Å². The fourth-order valence-electron chi connectivity index (χ4n) is 2.85. The third kappa shape index (κ3) is 4.19. The number of nitrogens with two attached hydrogens (primary N) is 1. The SMILES string of the molecule is CCC1CN(CCC(N)c2ccc(Cl)cc2)CCN1C. The van der Waals surface area contributed by atoms with Crippen LogP contribution in [0.5, 0.6) is 0 Å². The average Bonchev–Trinajstić information content (AvgIpc) is 2.46. The lowest BCUT2D eigenvalue weighted by Gasteiger charge is -2.39. The van der Waals surface area contributed by atoms with Crippen molar-refractivity contribution >= 4 is 11.6 Å². The predicted molar refractivity (Wildman–Crippen MR) is 86.1 cm³/mol. The molecule has 0 spiro atoms. The maximum Gasteiger partial charge on any atom is 0.0406 e. The van der Waals surface area contributed by atoms with Crippen molar-refractivity contribution in [2.75, 3.05) is 33.2 Å². The molecule has 112 valence electrons. The highest BCUT2D eigenvalue weighted by Crippen LogP contribution is 2.18. The Labute approximate surface area is 127 Å². The maximum absolute atomic E-state index is 6.28. The van der Waals surface area contributed by atoms with Gasteiger partial charge in [-0.3, -0.25) is 0 Å². The molecule has 4 heteroatoms. The number of halogens is 1. The third-order valence-electron chi connectivity index (χ3n) is 4.39. The van der Waals surface area contributed by atoms with Crippen molar-refractivity contribution in [1.82, 2.24) is 9.80 Å². The number of piperazine rings is 1. The van der Waals surface area contributed by atoms with E-state index in [-0.39, 0.29) is 6.04 Å². The van der Waals surface area contributed by atoms with Crippen molar-refractivity contribution in [2.45, 2.75) is 31.8 Å². The van der Waals surface area contributed by atoms with Gasteiger partial charge in [0.1, 0.15) is 0 Å². The molecule has 1 heterocycles. The Balaban J connectivity index is 1.81. The van der Waals surface area contributed by atoms with Crippen LogP contribution in [0.1, 0.15) is 31.4 Å². The Bertz CT molecular complexity index is 407. The van der Waals surface area contributed by atoms with E-state index in [0.717, 1.165) is 31.1 Å². The minimum atomic E-state index is 0.104. The molecule has 0 bridgehead atoms. The van der Waals surface area contributed by atoms with Gasteiger partial charge < -0.3 is 15.5 Å². The highest BCUT2D eigenvalue weighted by atomic mass is 35.5. The van der Waals surface area contributed by atoms with Crippen molar-refractivity contribution < 1.29 is 0 Å². The van der Waals surface area contributed by atoms with Gasteiger partial charge in [0.2, 0.25) is 0 Å². The molecule has 1 saturated heterocycles. The summed E-state index contributed by atoms with van der Waals surface area (Å²) in [6.45, 7) is 6.83. The zero-order valence-corrected chi connectivity index (χ0v) is 13.3. The monoisotopic (exact) mass is 295 g/mol. The Morgan fingerprint density at radius 3 is 2.65 bits per heavy atom. The largest absolute Gasteiger partial charge is 0.324 e. The van der Waals surface area contributed by atoms with Gasteiger partial charge in [-0.15, -0.1) is 0 Å². The van der Waals surface area contributed by atoms with Gasteiger partial charge in [0.25, 0.3) is 0 Å². The first-order valence-electron chi connectivity index (χ1n) is 7.53. The average molecular weight is 296 g/mol. The number of likely N-dealkylation sites (N-methyl/N-ethyl adjacent to an activating group) is 1. The minimum Gasteiger partial charge on any atom is -0.324 e. The molecule has 1 fully saturated rings. The summed E-state index contributed by atoms with van der Waals surface area (Å²) in [5.74, 6) is 0. The molecule has 0 radical (unpaired) electrons. The molecule has 2 unspecified atom stereocenters. The van der Waals surface area contributed by atoms with E-state index in [1.54, 1.807) is 0 Å². The van der Waals surface area contributed by atoms with E-state index in [1.165, 1.54) is 18.5 Å². The van der Waals surface area contributed by atoms with Crippen LogP contribution in [0.15, 0.2) is 24.3 Å². The standard InChI is InChI=1S/C16H26ClN3/c1-3-15-12-20(11-10-19(15)2)9-8-16(18)13-4-6-14(17)7-5-13/h4-7,15-16H,3,8-12,18H2,1-2H3. The van der Waals surface area contributed by atoms with E-state index < -0.39 is 0 Å². The molecule has 2 atom stereocenters. The molecule has 0 amide bonds. The number of nitrogens with zero attached hydrogens (tertiary/aromatic N) is 2. The number of benzene rings is 1. The molecule has 3 nitrogen and oxygen atoms in total. The molecule has 20 heavy (non-hydrogen) atoms. The smallest absolute Gasteiger partial charge is 0.0406 e. The van der Waals surface area contributed by atoms with Crippen molar-refractivity contribution in [2.24, 2.45) is 5.73 Å². The molecule has 0 aliphatic carbocycles. The lowest BCUT2D eigenvalue weighted by Crippen LogP contribution is -2.51. The summed E-state index contributed by atoms with van der Waals surface area (Å²) in [6.07, 6.45) is 2.22. The molecule has 0 saturated carbocycles. The number of hydrogen-bond donors (Lipinski definition) is 1. The Hall–Kier alpha value is -0.610. The molecule has 2 rings (SSSR count). The molecule has 0 aromatic heterocycles. The predicted octanol–water partition coefficient (Wildman–Crippen LogP) is 2.76.